The quantitative estimate of drug-likeness (QED) is 0.720. The number of aryl methyl sites for hydroxylation is 1. The van der Waals surface area contributed by atoms with Crippen LogP contribution in [0.2, 0.25) is 0 Å². The molecule has 0 fully saturated rings. The van der Waals surface area contributed by atoms with E-state index in [0.29, 0.717) is 11.3 Å². The Kier molecular flexibility index (Phi) is 2.97. The lowest BCUT2D eigenvalue weighted by atomic mass is 10.2. The van der Waals surface area contributed by atoms with Crippen LogP contribution in [-0.2, 0) is 4.79 Å². The molecule has 1 amide bonds. The van der Waals surface area contributed by atoms with Crippen LogP contribution in [0.25, 0.3) is 0 Å². The van der Waals surface area contributed by atoms with Gasteiger partial charge in [-0.15, -0.1) is 0 Å². The number of halogens is 1. The van der Waals surface area contributed by atoms with Gasteiger partial charge in [0.25, 0.3) is 0 Å². The number of rotatable bonds is 2. The molecule has 0 aliphatic carbocycles. The lowest BCUT2D eigenvalue weighted by molar-refractivity contribution is -0.118. The molecule has 1 aromatic rings. The SMILES string of the molecule is Cc1cc(NC(=O)CO)ccc1F. The number of hydrogen-bond acceptors (Lipinski definition) is 2. The Hall–Kier alpha value is -1.42. The third kappa shape index (κ3) is 2.52. The first-order chi connectivity index (χ1) is 6.13. The van der Waals surface area contributed by atoms with E-state index in [1.807, 2.05) is 0 Å². The Balaban J connectivity index is 2.79. The largest absolute Gasteiger partial charge is 0.387 e. The van der Waals surface area contributed by atoms with Gasteiger partial charge < -0.3 is 10.4 Å². The van der Waals surface area contributed by atoms with Crippen molar-refractivity contribution in [2.75, 3.05) is 11.9 Å². The Morgan fingerprint density at radius 1 is 1.62 bits per heavy atom. The molecule has 0 aliphatic rings. The molecule has 4 heteroatoms. The van der Waals surface area contributed by atoms with Gasteiger partial charge in [0.15, 0.2) is 0 Å². The number of aliphatic hydroxyl groups is 1. The summed E-state index contributed by atoms with van der Waals surface area (Å²) in [5, 5.41) is 10.8. The average molecular weight is 183 g/mol. The van der Waals surface area contributed by atoms with E-state index in [4.69, 9.17) is 5.11 Å². The first-order valence-electron chi connectivity index (χ1n) is 3.80. The van der Waals surface area contributed by atoms with Crippen molar-refractivity contribution in [3.63, 3.8) is 0 Å². The van der Waals surface area contributed by atoms with E-state index in [1.165, 1.54) is 18.2 Å². The number of benzene rings is 1. The fourth-order valence-electron chi connectivity index (χ4n) is 0.923. The molecule has 0 unspecified atom stereocenters. The van der Waals surface area contributed by atoms with Crippen molar-refractivity contribution in [2.24, 2.45) is 0 Å². The number of carbonyl (C=O) groups excluding carboxylic acids is 1. The highest BCUT2D eigenvalue weighted by atomic mass is 19.1. The summed E-state index contributed by atoms with van der Waals surface area (Å²) in [5.41, 5.74) is 0.939. The van der Waals surface area contributed by atoms with Crippen LogP contribution >= 0.6 is 0 Å². The van der Waals surface area contributed by atoms with E-state index in [-0.39, 0.29) is 5.82 Å². The Morgan fingerprint density at radius 3 is 2.85 bits per heavy atom. The van der Waals surface area contributed by atoms with Crippen LogP contribution in [0.1, 0.15) is 5.56 Å². The minimum atomic E-state index is -0.573. The summed E-state index contributed by atoms with van der Waals surface area (Å²) in [6, 6.07) is 4.21. The van der Waals surface area contributed by atoms with Gasteiger partial charge in [-0.1, -0.05) is 0 Å². The molecule has 0 aliphatic heterocycles. The van der Waals surface area contributed by atoms with Crippen molar-refractivity contribution in [3.05, 3.63) is 29.6 Å². The zero-order valence-electron chi connectivity index (χ0n) is 7.17. The number of carbonyl (C=O) groups is 1. The molecular weight excluding hydrogens is 173 g/mol. The predicted molar refractivity (Wildman–Crippen MR) is 46.9 cm³/mol. The second-order valence-electron chi connectivity index (χ2n) is 2.67. The van der Waals surface area contributed by atoms with Gasteiger partial charge in [0.1, 0.15) is 12.4 Å². The first-order valence-corrected chi connectivity index (χ1v) is 3.80. The van der Waals surface area contributed by atoms with Crippen LogP contribution in [0.5, 0.6) is 0 Å². The molecule has 0 saturated heterocycles. The molecule has 13 heavy (non-hydrogen) atoms. The minimum Gasteiger partial charge on any atom is -0.387 e. The third-order valence-corrected chi connectivity index (χ3v) is 1.59. The van der Waals surface area contributed by atoms with Gasteiger partial charge in [-0.2, -0.15) is 0 Å². The van der Waals surface area contributed by atoms with Crippen LogP contribution in [0.4, 0.5) is 10.1 Å². The average Bonchev–Trinajstić information content (AvgIpc) is 2.11. The van der Waals surface area contributed by atoms with Crippen LogP contribution in [0, 0.1) is 12.7 Å². The van der Waals surface area contributed by atoms with Crippen molar-refractivity contribution in [1.82, 2.24) is 0 Å². The smallest absolute Gasteiger partial charge is 0.250 e. The van der Waals surface area contributed by atoms with Gasteiger partial charge in [0.2, 0.25) is 5.91 Å². The molecule has 0 atom stereocenters. The molecule has 0 bridgehead atoms. The molecule has 0 heterocycles. The van der Waals surface area contributed by atoms with Crippen molar-refractivity contribution >= 4 is 11.6 Å². The summed E-state index contributed by atoms with van der Waals surface area (Å²) >= 11 is 0. The lowest BCUT2D eigenvalue weighted by Crippen LogP contribution is -2.15. The summed E-state index contributed by atoms with van der Waals surface area (Å²) < 4.78 is 12.8. The highest BCUT2D eigenvalue weighted by Crippen LogP contribution is 2.13. The lowest BCUT2D eigenvalue weighted by Gasteiger charge is -2.04. The first kappa shape index (κ1) is 9.67. The number of aliphatic hydroxyl groups excluding tert-OH is 1. The van der Waals surface area contributed by atoms with Gasteiger partial charge >= 0.3 is 0 Å². The van der Waals surface area contributed by atoms with Crippen LogP contribution in [0.15, 0.2) is 18.2 Å². The van der Waals surface area contributed by atoms with Gasteiger partial charge in [-0.25, -0.2) is 4.39 Å². The molecule has 0 spiro atoms. The molecule has 0 aromatic heterocycles. The molecule has 0 saturated carbocycles. The molecule has 1 rings (SSSR count). The molecule has 2 N–H and O–H groups in total. The van der Waals surface area contributed by atoms with E-state index in [2.05, 4.69) is 5.32 Å². The molecule has 3 nitrogen and oxygen atoms in total. The van der Waals surface area contributed by atoms with Crippen molar-refractivity contribution in [2.45, 2.75) is 6.92 Å². The van der Waals surface area contributed by atoms with E-state index >= 15 is 0 Å². The maximum Gasteiger partial charge on any atom is 0.250 e. The zero-order chi connectivity index (χ0) is 9.84. The number of amides is 1. The maximum absolute atomic E-state index is 12.8. The van der Waals surface area contributed by atoms with Crippen LogP contribution in [0.3, 0.4) is 0 Å². The van der Waals surface area contributed by atoms with Crippen molar-refractivity contribution in [3.8, 4) is 0 Å². The number of nitrogens with one attached hydrogen (secondary N) is 1. The summed E-state index contributed by atoms with van der Waals surface area (Å²) in [5.74, 6) is -0.826. The fraction of sp³-hybridized carbons (Fsp3) is 0.222. The van der Waals surface area contributed by atoms with Gasteiger partial charge in [-0.3, -0.25) is 4.79 Å². The number of hydrogen-bond donors (Lipinski definition) is 2. The standard InChI is InChI=1S/C9H10FNO2/c1-6-4-7(2-3-8(6)10)11-9(13)5-12/h2-4,12H,5H2,1H3,(H,11,13). The predicted octanol–water partition coefficient (Wildman–Crippen LogP) is 1.06. The van der Waals surface area contributed by atoms with Crippen molar-refractivity contribution < 1.29 is 14.3 Å². The van der Waals surface area contributed by atoms with Gasteiger partial charge in [-0.05, 0) is 30.7 Å². The second kappa shape index (κ2) is 4.00. The van der Waals surface area contributed by atoms with E-state index in [0.717, 1.165) is 0 Å². The minimum absolute atomic E-state index is 0.318. The number of anilines is 1. The maximum atomic E-state index is 12.8. The van der Waals surface area contributed by atoms with Crippen LogP contribution < -0.4 is 5.32 Å². The molecule has 1 aromatic carbocycles. The van der Waals surface area contributed by atoms with Crippen molar-refractivity contribution in [1.29, 1.82) is 0 Å². The topological polar surface area (TPSA) is 49.3 Å². The normalized spacial score (nSPS) is 9.77. The fourth-order valence-corrected chi connectivity index (χ4v) is 0.923. The molecule has 70 valence electrons. The summed E-state index contributed by atoms with van der Waals surface area (Å²) in [6.07, 6.45) is 0. The Morgan fingerprint density at radius 2 is 2.31 bits per heavy atom. The Bertz CT molecular complexity index is 325. The second-order valence-corrected chi connectivity index (χ2v) is 2.67. The highest BCUT2D eigenvalue weighted by molar-refractivity contribution is 5.91. The summed E-state index contributed by atoms with van der Waals surface area (Å²) in [7, 11) is 0. The van der Waals surface area contributed by atoms with Crippen LogP contribution in [-0.4, -0.2) is 17.6 Å². The van der Waals surface area contributed by atoms with E-state index in [1.54, 1.807) is 6.92 Å². The zero-order valence-corrected chi connectivity index (χ0v) is 7.17. The molecule has 0 radical (unpaired) electrons. The van der Waals surface area contributed by atoms with Gasteiger partial charge in [0, 0.05) is 5.69 Å². The highest BCUT2D eigenvalue weighted by Gasteiger charge is 2.01. The monoisotopic (exact) mass is 183 g/mol. The van der Waals surface area contributed by atoms with Gasteiger partial charge in [0.05, 0.1) is 0 Å². The summed E-state index contributed by atoms with van der Waals surface area (Å²) in [4.78, 5) is 10.7. The van der Waals surface area contributed by atoms with E-state index in [9.17, 15) is 9.18 Å². The summed E-state index contributed by atoms with van der Waals surface area (Å²) in [6.45, 7) is 1.03. The Labute approximate surface area is 75.2 Å². The van der Waals surface area contributed by atoms with E-state index < -0.39 is 12.5 Å². The molecular formula is C9H10FNO2. The third-order valence-electron chi connectivity index (χ3n) is 1.59.